The summed E-state index contributed by atoms with van der Waals surface area (Å²) in [7, 11) is -2.06. The van der Waals surface area contributed by atoms with Gasteiger partial charge in [0.1, 0.15) is 10.6 Å². The molecular formula is C31H40N6O3S. The van der Waals surface area contributed by atoms with Crippen LogP contribution in [-0.2, 0) is 27.7 Å². The van der Waals surface area contributed by atoms with Gasteiger partial charge in [0.15, 0.2) is 5.82 Å². The molecule has 0 spiro atoms. The Morgan fingerprint density at radius 3 is 2.68 bits per heavy atom. The van der Waals surface area contributed by atoms with E-state index in [9.17, 15) is 8.42 Å². The standard InChI is InChI=1S/C31H40N6O3S/c1-20-14-21(2)16-31(5,15-20)41(38,39)37-26-9-7-8-22(23(26)18-33-37)28-34-25-10-12-32-17-24(25)29(35-28)36-13-11-27(40-6)30(3,4)19-36/h7-9,14-15,18,27,32H,10-13,16-17,19H2,1-6H3/t27-,31?/m1/s1. The van der Waals surface area contributed by atoms with Gasteiger partial charge in [0.25, 0.3) is 10.0 Å². The van der Waals surface area contributed by atoms with E-state index in [0.29, 0.717) is 17.8 Å². The van der Waals surface area contributed by atoms with E-state index in [2.05, 4.69) is 29.2 Å². The molecule has 1 saturated heterocycles. The van der Waals surface area contributed by atoms with Crippen molar-refractivity contribution < 1.29 is 13.2 Å². The van der Waals surface area contributed by atoms with Crippen LogP contribution in [-0.4, -0.2) is 65.2 Å². The smallest absolute Gasteiger partial charge is 0.263 e. The summed E-state index contributed by atoms with van der Waals surface area (Å²) in [5.41, 5.74) is 5.47. The number of hydrogen-bond donors (Lipinski definition) is 1. The molecule has 3 aromatic rings. The Bertz CT molecular complexity index is 1690. The predicted molar refractivity (Wildman–Crippen MR) is 162 cm³/mol. The Kier molecular flexibility index (Phi) is 6.86. The lowest BCUT2D eigenvalue weighted by Crippen LogP contribution is -2.50. The molecule has 0 bridgehead atoms. The third-order valence-corrected chi connectivity index (χ3v) is 11.1. The van der Waals surface area contributed by atoms with Crippen molar-refractivity contribution in [3.05, 3.63) is 59.0 Å². The third kappa shape index (κ3) is 4.70. The van der Waals surface area contributed by atoms with Gasteiger partial charge in [-0.2, -0.15) is 9.19 Å². The zero-order valence-electron chi connectivity index (χ0n) is 24.9. The van der Waals surface area contributed by atoms with Crippen LogP contribution >= 0.6 is 0 Å². The lowest BCUT2D eigenvalue weighted by Gasteiger charge is -2.44. The normalized spacial score (nSPS) is 24.6. The molecule has 1 aliphatic carbocycles. The Balaban J connectivity index is 1.45. The highest BCUT2D eigenvalue weighted by Crippen LogP contribution is 2.39. The van der Waals surface area contributed by atoms with E-state index in [1.165, 1.54) is 4.09 Å². The van der Waals surface area contributed by atoms with E-state index in [0.717, 1.165) is 78.2 Å². The zero-order chi connectivity index (χ0) is 29.2. The number of anilines is 1. The van der Waals surface area contributed by atoms with Crippen LogP contribution in [0.5, 0.6) is 0 Å². The average Bonchev–Trinajstić information content (AvgIpc) is 3.36. The number of methoxy groups -OCH3 is 1. The summed E-state index contributed by atoms with van der Waals surface area (Å²) in [6.45, 7) is 13.5. The van der Waals surface area contributed by atoms with Crippen molar-refractivity contribution in [2.75, 3.05) is 31.6 Å². The van der Waals surface area contributed by atoms with E-state index in [-0.39, 0.29) is 11.5 Å². The maximum atomic E-state index is 14.1. The highest BCUT2D eigenvalue weighted by molar-refractivity contribution is 7.91. The van der Waals surface area contributed by atoms with E-state index in [1.54, 1.807) is 20.2 Å². The van der Waals surface area contributed by atoms with Crippen LogP contribution in [0.15, 0.2) is 47.7 Å². The second-order valence-electron chi connectivity index (χ2n) is 12.7. The summed E-state index contributed by atoms with van der Waals surface area (Å²) in [5.74, 6) is 1.56. The van der Waals surface area contributed by atoms with Gasteiger partial charge in [-0.3, -0.25) is 0 Å². The monoisotopic (exact) mass is 576 g/mol. The van der Waals surface area contributed by atoms with Gasteiger partial charge < -0.3 is 15.0 Å². The quantitative estimate of drug-likeness (QED) is 0.469. The van der Waals surface area contributed by atoms with Gasteiger partial charge in [-0.05, 0) is 39.7 Å². The molecule has 9 nitrogen and oxygen atoms in total. The number of rotatable bonds is 5. The van der Waals surface area contributed by atoms with Crippen molar-refractivity contribution in [3.8, 4) is 11.4 Å². The van der Waals surface area contributed by atoms with Gasteiger partial charge >= 0.3 is 0 Å². The van der Waals surface area contributed by atoms with Crippen LogP contribution < -0.4 is 10.2 Å². The molecule has 3 aliphatic rings. The molecule has 1 fully saturated rings. The topological polar surface area (TPSA) is 102 Å². The molecule has 2 atom stereocenters. The lowest BCUT2D eigenvalue weighted by atomic mass is 9.81. The van der Waals surface area contributed by atoms with E-state index < -0.39 is 14.8 Å². The van der Waals surface area contributed by atoms with Gasteiger partial charge in [-0.25, -0.2) is 18.4 Å². The second kappa shape index (κ2) is 10.0. The minimum Gasteiger partial charge on any atom is -0.381 e. The fourth-order valence-electron chi connectivity index (χ4n) is 7.01. The average molecular weight is 577 g/mol. The minimum absolute atomic E-state index is 0.0296. The lowest BCUT2D eigenvalue weighted by molar-refractivity contribution is -0.00647. The number of fused-ring (bicyclic) bond motifs is 2. The van der Waals surface area contributed by atoms with E-state index in [4.69, 9.17) is 14.7 Å². The van der Waals surface area contributed by atoms with Crippen molar-refractivity contribution in [3.63, 3.8) is 0 Å². The highest BCUT2D eigenvalue weighted by atomic mass is 32.2. The first-order valence-corrected chi connectivity index (χ1v) is 15.8. The van der Waals surface area contributed by atoms with Gasteiger partial charge in [-0.1, -0.05) is 49.3 Å². The van der Waals surface area contributed by atoms with Crippen molar-refractivity contribution in [2.24, 2.45) is 5.41 Å². The first kappa shape index (κ1) is 28.1. The number of benzene rings is 1. The van der Waals surface area contributed by atoms with Crippen LogP contribution in [0.3, 0.4) is 0 Å². The molecule has 4 heterocycles. The van der Waals surface area contributed by atoms with Crippen LogP contribution in [0, 0.1) is 5.41 Å². The van der Waals surface area contributed by atoms with Crippen LogP contribution in [0.1, 0.15) is 58.7 Å². The first-order chi connectivity index (χ1) is 19.4. The fraction of sp³-hybridized carbons (Fsp3) is 0.516. The molecule has 0 amide bonds. The summed E-state index contributed by atoms with van der Waals surface area (Å²) >= 11 is 0. The Hall–Kier alpha value is -3.08. The molecular weight excluding hydrogens is 536 g/mol. The number of nitrogens with zero attached hydrogens (tertiary/aromatic N) is 5. The molecule has 6 rings (SSSR count). The maximum Gasteiger partial charge on any atom is 0.263 e. The molecule has 10 heteroatoms. The van der Waals surface area contributed by atoms with Crippen LogP contribution in [0.25, 0.3) is 22.3 Å². The SMILES string of the molecule is CO[C@@H]1CCN(c2nc(-c3cccc4c3cnn4S(=O)(=O)C3(C)C=C(C)C=C(C)C3)nc3c2CNCC3)CC1(C)C. The van der Waals surface area contributed by atoms with Crippen molar-refractivity contribution in [2.45, 2.75) is 71.3 Å². The number of hydrogen-bond acceptors (Lipinski definition) is 8. The summed E-state index contributed by atoms with van der Waals surface area (Å²) < 4.78 is 34.0. The number of nitrogens with one attached hydrogen (secondary N) is 1. The first-order valence-electron chi connectivity index (χ1n) is 14.4. The Morgan fingerprint density at radius 1 is 1.15 bits per heavy atom. The molecule has 0 radical (unpaired) electrons. The molecule has 1 aromatic carbocycles. The molecule has 2 aliphatic heterocycles. The van der Waals surface area contributed by atoms with E-state index >= 15 is 0 Å². The van der Waals surface area contributed by atoms with Crippen molar-refractivity contribution in [1.82, 2.24) is 24.5 Å². The number of ether oxygens (including phenoxy) is 1. The number of aromatic nitrogens is 4. The van der Waals surface area contributed by atoms with Crippen LogP contribution in [0.2, 0.25) is 0 Å². The maximum absolute atomic E-state index is 14.1. The largest absolute Gasteiger partial charge is 0.381 e. The Morgan fingerprint density at radius 2 is 1.95 bits per heavy atom. The zero-order valence-corrected chi connectivity index (χ0v) is 25.7. The number of allylic oxidation sites excluding steroid dienone is 3. The number of piperidine rings is 1. The van der Waals surface area contributed by atoms with Gasteiger partial charge in [0.2, 0.25) is 0 Å². The molecule has 1 N–H and O–H groups in total. The molecule has 218 valence electrons. The second-order valence-corrected chi connectivity index (χ2v) is 15.0. The molecule has 1 unspecified atom stereocenters. The third-order valence-electron chi connectivity index (χ3n) is 8.90. The highest BCUT2D eigenvalue weighted by Gasteiger charge is 2.42. The molecule has 41 heavy (non-hydrogen) atoms. The van der Waals surface area contributed by atoms with Gasteiger partial charge in [-0.15, -0.1) is 0 Å². The predicted octanol–water partition coefficient (Wildman–Crippen LogP) is 4.62. The minimum atomic E-state index is -3.85. The molecule has 0 saturated carbocycles. The van der Waals surface area contributed by atoms with Crippen molar-refractivity contribution >= 4 is 26.7 Å². The van der Waals surface area contributed by atoms with Crippen LogP contribution in [0.4, 0.5) is 5.82 Å². The summed E-state index contributed by atoms with van der Waals surface area (Å²) in [5, 5.41) is 8.66. The molecule has 2 aromatic heterocycles. The van der Waals surface area contributed by atoms with Gasteiger partial charge in [0.05, 0.1) is 23.5 Å². The Labute approximate surface area is 242 Å². The fourth-order valence-corrected chi connectivity index (χ4v) is 8.74. The van der Waals surface area contributed by atoms with Crippen molar-refractivity contribution in [1.29, 1.82) is 0 Å². The summed E-state index contributed by atoms with van der Waals surface area (Å²) in [6.07, 6.45) is 7.88. The summed E-state index contributed by atoms with van der Waals surface area (Å²) in [6, 6.07) is 5.65. The summed E-state index contributed by atoms with van der Waals surface area (Å²) in [4.78, 5) is 12.6. The van der Waals surface area contributed by atoms with Gasteiger partial charge in [0, 0.05) is 61.6 Å². The van der Waals surface area contributed by atoms with E-state index in [1.807, 2.05) is 44.2 Å².